The molecule has 0 saturated carbocycles. The van der Waals surface area contributed by atoms with E-state index in [0.717, 1.165) is 0 Å². The fourth-order valence-corrected chi connectivity index (χ4v) is 1.30. The first-order valence-electron chi connectivity index (χ1n) is 3.36. The van der Waals surface area contributed by atoms with E-state index in [0.29, 0.717) is 0 Å². The molecule has 2 bridgehead atoms. The third kappa shape index (κ3) is 0.822. The molecule has 0 aliphatic carbocycles. The highest BCUT2D eigenvalue weighted by molar-refractivity contribution is 5.90. The van der Waals surface area contributed by atoms with Gasteiger partial charge in [0.2, 0.25) is 5.78 Å². The van der Waals surface area contributed by atoms with Crippen LogP contribution in [0.1, 0.15) is 0 Å². The van der Waals surface area contributed by atoms with Crippen LogP contribution in [0.5, 0.6) is 0 Å². The zero-order valence-corrected chi connectivity index (χ0v) is 5.54. The number of fused-ring (bicyclic) bond motifs is 2. The molecule has 4 heteroatoms. The summed E-state index contributed by atoms with van der Waals surface area (Å²) in [7, 11) is 0. The first kappa shape index (κ1) is 6.91. The molecule has 0 unspecified atom stereocenters. The van der Waals surface area contributed by atoms with Gasteiger partial charge in [-0.15, -0.1) is 0 Å². The monoisotopic (exact) mass is 160 g/mol. The van der Waals surface area contributed by atoms with E-state index in [4.69, 9.17) is 4.74 Å². The minimum absolute atomic E-state index is 0.848. The molecule has 2 aliphatic heterocycles. The molecular formula is C7H6F2O2. The summed E-state index contributed by atoms with van der Waals surface area (Å²) in [6.45, 7) is 0. The lowest BCUT2D eigenvalue weighted by molar-refractivity contribution is -0.148. The van der Waals surface area contributed by atoms with E-state index in [2.05, 4.69) is 0 Å². The average Bonchev–Trinajstić information content (AvgIpc) is 2.44. The third-order valence-electron chi connectivity index (χ3n) is 1.93. The van der Waals surface area contributed by atoms with Crippen LogP contribution in [0.15, 0.2) is 12.2 Å². The molecule has 11 heavy (non-hydrogen) atoms. The highest BCUT2D eigenvalue weighted by Crippen LogP contribution is 2.28. The minimum Gasteiger partial charge on any atom is -0.360 e. The van der Waals surface area contributed by atoms with E-state index in [1.54, 1.807) is 0 Å². The van der Waals surface area contributed by atoms with Crippen molar-refractivity contribution in [2.24, 2.45) is 0 Å². The Kier molecular flexibility index (Phi) is 1.32. The molecule has 0 amide bonds. The summed E-state index contributed by atoms with van der Waals surface area (Å²) in [5.74, 6) is -0.990. The number of rotatable bonds is 0. The number of hydrogen-bond donors (Lipinski definition) is 0. The number of alkyl halides is 2. The van der Waals surface area contributed by atoms with Crippen molar-refractivity contribution in [3.63, 3.8) is 0 Å². The molecule has 2 heterocycles. The summed E-state index contributed by atoms with van der Waals surface area (Å²) in [5.41, 5.74) is 0. The van der Waals surface area contributed by atoms with Crippen LogP contribution in [0.3, 0.4) is 0 Å². The van der Waals surface area contributed by atoms with Gasteiger partial charge in [-0.1, -0.05) is 12.2 Å². The zero-order valence-electron chi connectivity index (χ0n) is 5.54. The van der Waals surface area contributed by atoms with Crippen LogP contribution in [-0.2, 0) is 9.53 Å². The quantitative estimate of drug-likeness (QED) is 0.484. The van der Waals surface area contributed by atoms with Gasteiger partial charge in [-0.3, -0.25) is 4.79 Å². The highest BCUT2D eigenvalue weighted by Gasteiger charge is 2.46. The molecule has 60 valence electrons. The standard InChI is InChI=1S/C7H6F2O2/c8-5-3-1-2-4(11-3)6(9)7(5)10/h1-6H/t3-,4+,5+,6-. The number of halogens is 2. The number of hydrogen-bond acceptors (Lipinski definition) is 2. The van der Waals surface area contributed by atoms with Crippen molar-refractivity contribution >= 4 is 5.78 Å². The maximum absolute atomic E-state index is 12.8. The largest absolute Gasteiger partial charge is 0.360 e. The Labute approximate surface area is 61.8 Å². The first-order chi connectivity index (χ1) is 5.20. The predicted octanol–water partition coefficient (Wildman–Crippen LogP) is 0.569. The normalized spacial score (nSPS) is 48.4. The second-order valence-corrected chi connectivity index (χ2v) is 2.66. The molecule has 2 nitrogen and oxygen atoms in total. The molecule has 0 aromatic heterocycles. The molecule has 4 atom stereocenters. The number of ether oxygens (including phenoxy) is 1. The van der Waals surface area contributed by atoms with Gasteiger partial charge in [0.25, 0.3) is 0 Å². The van der Waals surface area contributed by atoms with Gasteiger partial charge in [0.15, 0.2) is 12.3 Å². The van der Waals surface area contributed by atoms with Crippen molar-refractivity contribution in [1.82, 2.24) is 0 Å². The van der Waals surface area contributed by atoms with Crippen molar-refractivity contribution < 1.29 is 18.3 Å². The van der Waals surface area contributed by atoms with Gasteiger partial charge in [0, 0.05) is 0 Å². The van der Waals surface area contributed by atoms with Crippen LogP contribution in [0.2, 0.25) is 0 Å². The fourth-order valence-electron chi connectivity index (χ4n) is 1.30. The van der Waals surface area contributed by atoms with Crippen molar-refractivity contribution in [3.8, 4) is 0 Å². The molecule has 2 rings (SSSR count). The highest BCUT2D eigenvalue weighted by atomic mass is 19.1. The summed E-state index contributed by atoms with van der Waals surface area (Å²) < 4.78 is 30.3. The van der Waals surface area contributed by atoms with Crippen molar-refractivity contribution in [2.75, 3.05) is 0 Å². The molecule has 0 aromatic carbocycles. The predicted molar refractivity (Wildman–Crippen MR) is 32.6 cm³/mol. The van der Waals surface area contributed by atoms with Crippen LogP contribution >= 0.6 is 0 Å². The Bertz CT molecular complexity index is 206. The van der Waals surface area contributed by atoms with Crippen molar-refractivity contribution in [2.45, 2.75) is 24.6 Å². The molecule has 1 saturated heterocycles. The van der Waals surface area contributed by atoms with Crippen LogP contribution < -0.4 is 0 Å². The van der Waals surface area contributed by atoms with Gasteiger partial charge >= 0.3 is 0 Å². The van der Waals surface area contributed by atoms with Crippen molar-refractivity contribution in [3.05, 3.63) is 12.2 Å². The lowest BCUT2D eigenvalue weighted by Gasteiger charge is -2.25. The summed E-state index contributed by atoms with van der Waals surface area (Å²) in [6, 6.07) is 0. The van der Waals surface area contributed by atoms with E-state index < -0.39 is 30.3 Å². The lowest BCUT2D eigenvalue weighted by Crippen LogP contribution is -2.46. The Morgan fingerprint density at radius 1 is 1.18 bits per heavy atom. The van der Waals surface area contributed by atoms with Gasteiger partial charge < -0.3 is 4.74 Å². The van der Waals surface area contributed by atoms with Gasteiger partial charge in [-0.2, -0.15) is 0 Å². The fraction of sp³-hybridized carbons (Fsp3) is 0.571. The Morgan fingerprint density at radius 3 is 2.09 bits per heavy atom. The summed E-state index contributed by atoms with van der Waals surface area (Å²) in [6.07, 6.45) is -2.54. The number of carbonyl (C=O) groups excluding carboxylic acids is 1. The molecule has 1 fully saturated rings. The number of ketones is 1. The maximum atomic E-state index is 12.8. The second kappa shape index (κ2) is 2.11. The SMILES string of the molecule is O=C1[C@@H](F)[C@H]2C=C[C@H](O2)[C@H]1F. The number of Topliss-reactive ketones (excluding diaryl/α,β-unsaturated/α-hetero) is 1. The summed E-state index contributed by atoms with van der Waals surface area (Å²) >= 11 is 0. The molecule has 0 radical (unpaired) electrons. The molecule has 0 spiro atoms. The van der Waals surface area contributed by atoms with Crippen LogP contribution in [0, 0.1) is 0 Å². The van der Waals surface area contributed by atoms with E-state index >= 15 is 0 Å². The molecule has 0 aromatic rings. The Balaban J connectivity index is 2.29. The van der Waals surface area contributed by atoms with Gasteiger partial charge in [-0.25, -0.2) is 8.78 Å². The third-order valence-corrected chi connectivity index (χ3v) is 1.93. The van der Waals surface area contributed by atoms with E-state index in [9.17, 15) is 13.6 Å². The molecule has 2 aliphatic rings. The van der Waals surface area contributed by atoms with Gasteiger partial charge in [-0.05, 0) is 0 Å². The minimum atomic E-state index is -1.82. The van der Waals surface area contributed by atoms with E-state index in [-0.39, 0.29) is 0 Å². The second-order valence-electron chi connectivity index (χ2n) is 2.66. The maximum Gasteiger partial charge on any atom is 0.206 e. The van der Waals surface area contributed by atoms with Gasteiger partial charge in [0.05, 0.1) is 0 Å². The van der Waals surface area contributed by atoms with E-state index in [1.807, 2.05) is 0 Å². The summed E-state index contributed by atoms with van der Waals surface area (Å²) in [5, 5.41) is 0. The molecule has 0 N–H and O–H groups in total. The average molecular weight is 160 g/mol. The van der Waals surface area contributed by atoms with Crippen molar-refractivity contribution in [1.29, 1.82) is 0 Å². The van der Waals surface area contributed by atoms with E-state index in [1.165, 1.54) is 12.2 Å². The van der Waals surface area contributed by atoms with Crippen LogP contribution in [0.25, 0.3) is 0 Å². The van der Waals surface area contributed by atoms with Crippen LogP contribution in [-0.4, -0.2) is 30.3 Å². The Hall–Kier alpha value is -0.770. The first-order valence-corrected chi connectivity index (χ1v) is 3.36. The van der Waals surface area contributed by atoms with Crippen LogP contribution in [0.4, 0.5) is 8.78 Å². The lowest BCUT2D eigenvalue weighted by atomic mass is 10.0. The zero-order chi connectivity index (χ0) is 8.01. The molecular weight excluding hydrogens is 154 g/mol. The summed E-state index contributed by atoms with van der Waals surface area (Å²) in [4.78, 5) is 10.7. The van der Waals surface area contributed by atoms with Gasteiger partial charge in [0.1, 0.15) is 12.2 Å². The smallest absolute Gasteiger partial charge is 0.206 e. The topological polar surface area (TPSA) is 26.3 Å². The Morgan fingerprint density at radius 2 is 1.64 bits per heavy atom. The number of carbonyl (C=O) groups is 1.